The quantitative estimate of drug-likeness (QED) is 0.324. The fourth-order valence-corrected chi connectivity index (χ4v) is 0.886. The maximum Gasteiger partial charge on any atom is 0.394 e. The number of phenols is 1. The van der Waals surface area contributed by atoms with Gasteiger partial charge in [-0.2, -0.15) is 8.42 Å². The molecule has 0 aliphatic carbocycles. The summed E-state index contributed by atoms with van der Waals surface area (Å²) in [4.78, 5) is 0. The molecule has 1 aromatic carbocycles. The lowest BCUT2D eigenvalue weighted by Gasteiger charge is -2.00. The number of nitrogen functional groups attached to an aromatic ring is 1. The molecule has 0 heterocycles. The van der Waals surface area contributed by atoms with E-state index in [2.05, 4.69) is 0 Å². The van der Waals surface area contributed by atoms with Crippen molar-refractivity contribution in [1.82, 2.24) is 0 Å². The van der Waals surface area contributed by atoms with Crippen LogP contribution in [-0.4, -0.2) is 22.6 Å². The highest BCUT2D eigenvalue weighted by Gasteiger charge is 2.05. The zero-order chi connectivity index (χ0) is 12.2. The molecule has 0 radical (unpaired) electrons. The second kappa shape index (κ2) is 5.38. The molecule has 0 unspecified atom stereocenters. The minimum absolute atomic E-state index is 0.0548. The van der Waals surface area contributed by atoms with Gasteiger partial charge in [-0.3, -0.25) is 9.11 Å². The van der Waals surface area contributed by atoms with Gasteiger partial charge in [0, 0.05) is 0 Å². The fourth-order valence-electron chi connectivity index (χ4n) is 0.554. The molecular formula is C6H7Cl2NO5S. The van der Waals surface area contributed by atoms with Crippen LogP contribution in [0, 0.1) is 0 Å². The van der Waals surface area contributed by atoms with E-state index in [4.69, 9.17) is 51.6 Å². The molecule has 0 aliphatic heterocycles. The van der Waals surface area contributed by atoms with Crippen molar-refractivity contribution in [2.75, 3.05) is 5.73 Å². The molecule has 0 bridgehead atoms. The van der Waals surface area contributed by atoms with Crippen molar-refractivity contribution in [2.24, 2.45) is 0 Å². The third-order valence-electron chi connectivity index (χ3n) is 1.09. The number of halogens is 2. The van der Waals surface area contributed by atoms with Gasteiger partial charge in [0.25, 0.3) is 0 Å². The molecule has 0 saturated heterocycles. The number of hydrogen-bond acceptors (Lipinski definition) is 4. The summed E-state index contributed by atoms with van der Waals surface area (Å²) in [7, 11) is -4.67. The first-order chi connectivity index (χ1) is 6.63. The lowest BCUT2D eigenvalue weighted by Crippen LogP contribution is -1.89. The summed E-state index contributed by atoms with van der Waals surface area (Å²) in [6.45, 7) is 0. The van der Waals surface area contributed by atoms with Gasteiger partial charge in [-0.15, -0.1) is 0 Å². The number of benzene rings is 1. The van der Waals surface area contributed by atoms with Gasteiger partial charge in [-0.25, -0.2) is 0 Å². The number of hydrogen-bond donors (Lipinski definition) is 4. The van der Waals surface area contributed by atoms with Crippen LogP contribution >= 0.6 is 23.2 Å². The van der Waals surface area contributed by atoms with E-state index in [-0.39, 0.29) is 15.8 Å². The Bertz CT molecular complexity index is 412. The van der Waals surface area contributed by atoms with Crippen molar-refractivity contribution in [2.45, 2.75) is 0 Å². The average Bonchev–Trinajstić information content (AvgIpc) is 2.05. The molecule has 5 N–H and O–H groups in total. The van der Waals surface area contributed by atoms with Crippen LogP contribution in [0.3, 0.4) is 0 Å². The van der Waals surface area contributed by atoms with E-state index in [1.54, 1.807) is 0 Å². The molecule has 0 aromatic heterocycles. The van der Waals surface area contributed by atoms with Gasteiger partial charge < -0.3 is 10.8 Å². The van der Waals surface area contributed by atoms with Crippen molar-refractivity contribution in [3.8, 4) is 5.75 Å². The predicted octanol–water partition coefficient (Wildman–Crippen LogP) is 1.63. The van der Waals surface area contributed by atoms with Crippen molar-refractivity contribution >= 4 is 39.3 Å². The van der Waals surface area contributed by atoms with Crippen LogP contribution in [0.15, 0.2) is 12.1 Å². The van der Waals surface area contributed by atoms with E-state index < -0.39 is 10.4 Å². The number of anilines is 1. The molecule has 6 nitrogen and oxygen atoms in total. The second-order valence-corrected chi connectivity index (χ2v) is 3.90. The molecule has 0 saturated carbocycles. The average molecular weight is 276 g/mol. The van der Waals surface area contributed by atoms with Crippen molar-refractivity contribution in [3.63, 3.8) is 0 Å². The van der Waals surface area contributed by atoms with Crippen LogP contribution in [0.2, 0.25) is 10.0 Å². The third-order valence-corrected chi connectivity index (χ3v) is 1.98. The Kier molecular flexibility index (Phi) is 5.12. The molecule has 0 aliphatic rings. The minimum atomic E-state index is -4.67. The first-order valence-electron chi connectivity index (χ1n) is 3.25. The van der Waals surface area contributed by atoms with Gasteiger partial charge in [0.15, 0.2) is 0 Å². The van der Waals surface area contributed by atoms with Gasteiger partial charge in [0.2, 0.25) is 0 Å². The fraction of sp³-hybridized carbons (Fsp3) is 0. The number of aromatic hydroxyl groups is 1. The van der Waals surface area contributed by atoms with Crippen molar-refractivity contribution in [3.05, 3.63) is 22.2 Å². The van der Waals surface area contributed by atoms with E-state index >= 15 is 0 Å². The van der Waals surface area contributed by atoms with Crippen LogP contribution in [-0.2, 0) is 10.4 Å². The van der Waals surface area contributed by atoms with Crippen LogP contribution in [0.4, 0.5) is 5.69 Å². The largest absolute Gasteiger partial charge is 0.506 e. The topological polar surface area (TPSA) is 121 Å². The zero-order valence-electron chi connectivity index (χ0n) is 7.05. The summed E-state index contributed by atoms with van der Waals surface area (Å²) < 4.78 is 31.6. The summed E-state index contributed by atoms with van der Waals surface area (Å²) in [6.07, 6.45) is 0. The lowest BCUT2D eigenvalue weighted by atomic mass is 10.3. The summed E-state index contributed by atoms with van der Waals surface area (Å²) in [6, 6.07) is 2.88. The van der Waals surface area contributed by atoms with Crippen LogP contribution in [0.25, 0.3) is 0 Å². The van der Waals surface area contributed by atoms with Crippen molar-refractivity contribution < 1.29 is 22.6 Å². The van der Waals surface area contributed by atoms with Crippen molar-refractivity contribution in [1.29, 1.82) is 0 Å². The van der Waals surface area contributed by atoms with Crippen LogP contribution < -0.4 is 5.73 Å². The smallest absolute Gasteiger partial charge is 0.394 e. The number of nitrogens with two attached hydrogens (primary N) is 1. The maximum absolute atomic E-state index is 8.95. The maximum atomic E-state index is 8.95. The summed E-state index contributed by atoms with van der Waals surface area (Å²) >= 11 is 11.1. The Morgan fingerprint density at radius 3 is 1.87 bits per heavy atom. The first kappa shape index (κ1) is 14.3. The summed E-state index contributed by atoms with van der Waals surface area (Å²) in [5, 5.41) is 9.25. The van der Waals surface area contributed by atoms with E-state index in [0.717, 1.165) is 0 Å². The highest BCUT2D eigenvalue weighted by Crippen LogP contribution is 2.34. The Hall–Kier alpha value is -0.730. The molecule has 0 spiro atoms. The van der Waals surface area contributed by atoms with Gasteiger partial charge >= 0.3 is 10.4 Å². The summed E-state index contributed by atoms with van der Waals surface area (Å²) in [5.41, 5.74) is 5.73. The lowest BCUT2D eigenvalue weighted by molar-refractivity contribution is 0.381. The molecule has 0 amide bonds. The van der Waals surface area contributed by atoms with Gasteiger partial charge in [0.1, 0.15) is 10.8 Å². The Balaban J connectivity index is 0.000000336. The van der Waals surface area contributed by atoms with Gasteiger partial charge in [-0.1, -0.05) is 23.2 Å². The zero-order valence-corrected chi connectivity index (χ0v) is 9.38. The predicted molar refractivity (Wildman–Crippen MR) is 56.7 cm³/mol. The van der Waals surface area contributed by atoms with E-state index in [0.29, 0.717) is 5.69 Å². The van der Waals surface area contributed by atoms with Gasteiger partial charge in [-0.05, 0) is 12.1 Å². The highest BCUT2D eigenvalue weighted by molar-refractivity contribution is 7.79. The molecular weight excluding hydrogens is 269 g/mol. The Morgan fingerprint density at radius 2 is 1.53 bits per heavy atom. The third kappa shape index (κ3) is 6.37. The molecule has 0 atom stereocenters. The molecule has 86 valence electrons. The standard InChI is InChI=1S/C6H5Cl2NO.H2O4S/c7-5-3(9)1-2-4(10)6(5)8;1-5(2,3)4/h1-2,10H,9H2;(H2,1,2,3,4). The first-order valence-corrected chi connectivity index (χ1v) is 5.40. The molecule has 9 heteroatoms. The normalized spacial score (nSPS) is 10.4. The number of rotatable bonds is 0. The second-order valence-electron chi connectivity index (χ2n) is 2.25. The van der Waals surface area contributed by atoms with Gasteiger partial charge in [0.05, 0.1) is 10.7 Å². The Labute approximate surface area is 95.8 Å². The SMILES string of the molecule is Nc1ccc(O)c(Cl)c1Cl.O=S(=O)(O)O. The molecule has 1 rings (SSSR count). The monoisotopic (exact) mass is 275 g/mol. The van der Waals surface area contributed by atoms with E-state index in [1.807, 2.05) is 0 Å². The highest BCUT2D eigenvalue weighted by atomic mass is 35.5. The minimum Gasteiger partial charge on any atom is -0.506 e. The summed E-state index contributed by atoms with van der Waals surface area (Å²) in [5.74, 6) is -0.0548. The molecule has 1 aromatic rings. The van der Waals surface area contributed by atoms with Crippen LogP contribution in [0.5, 0.6) is 5.75 Å². The van der Waals surface area contributed by atoms with E-state index in [1.165, 1.54) is 12.1 Å². The molecule has 15 heavy (non-hydrogen) atoms. The van der Waals surface area contributed by atoms with Crippen LogP contribution in [0.1, 0.15) is 0 Å². The molecule has 0 fully saturated rings. The van der Waals surface area contributed by atoms with E-state index in [9.17, 15) is 0 Å². The number of phenolic OH excluding ortho intramolecular Hbond substituents is 1. The Morgan fingerprint density at radius 1 is 1.13 bits per heavy atom.